The summed E-state index contributed by atoms with van der Waals surface area (Å²) in [7, 11) is 0. The number of carbonyl (C=O) groups is 3. The van der Waals surface area contributed by atoms with Crippen LogP contribution < -0.4 is 11.1 Å². The molecule has 3 N–H and O–H groups in total. The standard InChI is InChI=1S/C18H20N4O4/c1-12-4-5-13(16(19)23)11-14(12)20-18(25)22-8-6-21(7-9-22)17(24)15-3-2-10-26-15/h2-5,10-11H,6-9H2,1H3,(H2,19,23)(H,20,25). The van der Waals surface area contributed by atoms with Crippen molar-refractivity contribution in [3.8, 4) is 0 Å². The quantitative estimate of drug-likeness (QED) is 0.872. The first-order valence-corrected chi connectivity index (χ1v) is 8.25. The molecule has 1 saturated heterocycles. The summed E-state index contributed by atoms with van der Waals surface area (Å²) in [6.07, 6.45) is 1.46. The van der Waals surface area contributed by atoms with Crippen LogP contribution in [-0.2, 0) is 0 Å². The first kappa shape index (κ1) is 17.5. The summed E-state index contributed by atoms with van der Waals surface area (Å²) in [5.74, 6) is -0.438. The average molecular weight is 356 g/mol. The summed E-state index contributed by atoms with van der Waals surface area (Å²) in [6.45, 7) is 3.50. The lowest BCUT2D eigenvalue weighted by Crippen LogP contribution is -2.51. The third kappa shape index (κ3) is 3.69. The predicted octanol–water partition coefficient (Wildman–Crippen LogP) is 1.68. The van der Waals surface area contributed by atoms with Crippen LogP contribution >= 0.6 is 0 Å². The fourth-order valence-electron chi connectivity index (χ4n) is 2.77. The van der Waals surface area contributed by atoms with Crippen LogP contribution in [0, 0.1) is 6.92 Å². The summed E-state index contributed by atoms with van der Waals surface area (Å²) < 4.78 is 5.12. The van der Waals surface area contributed by atoms with Gasteiger partial charge in [0.05, 0.1) is 6.26 Å². The van der Waals surface area contributed by atoms with Crippen molar-refractivity contribution in [3.05, 3.63) is 53.5 Å². The lowest BCUT2D eigenvalue weighted by molar-refractivity contribution is 0.0640. The van der Waals surface area contributed by atoms with Crippen LogP contribution in [0.25, 0.3) is 0 Å². The van der Waals surface area contributed by atoms with E-state index in [9.17, 15) is 14.4 Å². The van der Waals surface area contributed by atoms with Gasteiger partial charge in [0.2, 0.25) is 5.91 Å². The van der Waals surface area contributed by atoms with Crippen molar-refractivity contribution in [3.63, 3.8) is 0 Å². The molecular weight excluding hydrogens is 336 g/mol. The number of hydrogen-bond acceptors (Lipinski definition) is 4. The fraction of sp³-hybridized carbons (Fsp3) is 0.278. The van der Waals surface area contributed by atoms with E-state index in [4.69, 9.17) is 10.2 Å². The van der Waals surface area contributed by atoms with E-state index in [0.29, 0.717) is 43.2 Å². The third-order valence-corrected chi connectivity index (χ3v) is 4.35. The van der Waals surface area contributed by atoms with Gasteiger partial charge in [-0.25, -0.2) is 4.79 Å². The minimum atomic E-state index is -0.550. The van der Waals surface area contributed by atoms with Crippen molar-refractivity contribution >= 4 is 23.5 Å². The van der Waals surface area contributed by atoms with E-state index in [1.54, 1.807) is 40.1 Å². The molecule has 1 fully saturated rings. The highest BCUT2D eigenvalue weighted by Crippen LogP contribution is 2.18. The summed E-state index contributed by atoms with van der Waals surface area (Å²) in [5.41, 5.74) is 6.99. The van der Waals surface area contributed by atoms with Crippen molar-refractivity contribution in [1.82, 2.24) is 9.80 Å². The molecule has 1 aromatic heterocycles. The molecule has 8 heteroatoms. The van der Waals surface area contributed by atoms with Gasteiger partial charge in [-0.3, -0.25) is 9.59 Å². The molecule has 8 nitrogen and oxygen atoms in total. The van der Waals surface area contributed by atoms with Gasteiger partial charge in [-0.1, -0.05) is 6.07 Å². The Hall–Kier alpha value is -3.29. The summed E-state index contributed by atoms with van der Waals surface area (Å²) in [6, 6.07) is 7.92. The van der Waals surface area contributed by atoms with Gasteiger partial charge in [-0.2, -0.15) is 0 Å². The Balaban J connectivity index is 1.60. The van der Waals surface area contributed by atoms with Gasteiger partial charge in [0, 0.05) is 37.4 Å². The lowest BCUT2D eigenvalue weighted by atomic mass is 10.1. The first-order chi connectivity index (χ1) is 12.5. The largest absolute Gasteiger partial charge is 0.459 e. The Morgan fingerprint density at radius 1 is 1.08 bits per heavy atom. The van der Waals surface area contributed by atoms with E-state index in [2.05, 4.69) is 5.32 Å². The summed E-state index contributed by atoms with van der Waals surface area (Å²) in [5, 5.41) is 2.80. The zero-order chi connectivity index (χ0) is 18.7. The van der Waals surface area contributed by atoms with Gasteiger partial charge < -0.3 is 25.3 Å². The predicted molar refractivity (Wildman–Crippen MR) is 94.9 cm³/mol. The molecule has 0 bridgehead atoms. The van der Waals surface area contributed by atoms with Crippen LogP contribution in [0.4, 0.5) is 10.5 Å². The molecule has 136 valence electrons. The van der Waals surface area contributed by atoms with Crippen molar-refractivity contribution in [2.75, 3.05) is 31.5 Å². The molecule has 1 aromatic carbocycles. The molecule has 4 amide bonds. The van der Waals surface area contributed by atoms with Gasteiger partial charge in [0.1, 0.15) is 0 Å². The lowest BCUT2D eigenvalue weighted by Gasteiger charge is -2.34. The fourth-order valence-corrected chi connectivity index (χ4v) is 2.77. The monoisotopic (exact) mass is 356 g/mol. The van der Waals surface area contributed by atoms with Crippen LogP contribution in [0.15, 0.2) is 41.0 Å². The Kier molecular flexibility index (Phi) is 4.92. The smallest absolute Gasteiger partial charge is 0.321 e. The number of benzene rings is 1. The van der Waals surface area contributed by atoms with E-state index in [-0.39, 0.29) is 11.9 Å². The molecule has 1 aliphatic heterocycles. The molecule has 26 heavy (non-hydrogen) atoms. The van der Waals surface area contributed by atoms with Gasteiger partial charge in [-0.05, 0) is 36.8 Å². The van der Waals surface area contributed by atoms with E-state index in [0.717, 1.165) is 5.56 Å². The van der Waals surface area contributed by atoms with E-state index in [1.807, 2.05) is 6.92 Å². The average Bonchev–Trinajstić information content (AvgIpc) is 3.17. The van der Waals surface area contributed by atoms with Crippen molar-refractivity contribution in [2.24, 2.45) is 5.73 Å². The number of piperazine rings is 1. The molecule has 3 rings (SSSR count). The van der Waals surface area contributed by atoms with E-state index < -0.39 is 5.91 Å². The molecular formula is C18H20N4O4. The maximum Gasteiger partial charge on any atom is 0.321 e. The number of nitrogens with zero attached hydrogens (tertiary/aromatic N) is 2. The number of carbonyl (C=O) groups excluding carboxylic acids is 3. The van der Waals surface area contributed by atoms with E-state index >= 15 is 0 Å². The normalized spacial score (nSPS) is 14.2. The Morgan fingerprint density at radius 2 is 1.77 bits per heavy atom. The second-order valence-corrected chi connectivity index (χ2v) is 6.08. The Labute approximate surface area is 150 Å². The number of aryl methyl sites for hydroxylation is 1. The van der Waals surface area contributed by atoms with Gasteiger partial charge in [-0.15, -0.1) is 0 Å². The molecule has 0 unspecified atom stereocenters. The molecule has 2 aromatic rings. The molecule has 0 radical (unpaired) electrons. The number of rotatable bonds is 3. The summed E-state index contributed by atoms with van der Waals surface area (Å²) in [4.78, 5) is 39.3. The van der Waals surface area contributed by atoms with Crippen LogP contribution in [-0.4, -0.2) is 53.8 Å². The van der Waals surface area contributed by atoms with Gasteiger partial charge in [0.25, 0.3) is 5.91 Å². The third-order valence-electron chi connectivity index (χ3n) is 4.35. The molecule has 0 atom stereocenters. The second-order valence-electron chi connectivity index (χ2n) is 6.08. The minimum absolute atomic E-state index is 0.180. The molecule has 2 heterocycles. The molecule has 0 aliphatic carbocycles. The highest BCUT2D eigenvalue weighted by atomic mass is 16.3. The Bertz CT molecular complexity index is 824. The van der Waals surface area contributed by atoms with Crippen LogP contribution in [0.2, 0.25) is 0 Å². The highest BCUT2D eigenvalue weighted by Gasteiger charge is 2.26. The van der Waals surface area contributed by atoms with Gasteiger partial charge in [0.15, 0.2) is 5.76 Å². The number of nitrogens with one attached hydrogen (secondary N) is 1. The van der Waals surface area contributed by atoms with Gasteiger partial charge >= 0.3 is 6.03 Å². The van der Waals surface area contributed by atoms with Crippen molar-refractivity contribution in [2.45, 2.75) is 6.92 Å². The number of nitrogens with two attached hydrogens (primary N) is 1. The second kappa shape index (κ2) is 7.30. The zero-order valence-electron chi connectivity index (χ0n) is 14.4. The maximum absolute atomic E-state index is 12.5. The number of anilines is 1. The topological polar surface area (TPSA) is 109 Å². The number of urea groups is 1. The number of primary amides is 1. The van der Waals surface area contributed by atoms with Crippen LogP contribution in [0.3, 0.4) is 0 Å². The first-order valence-electron chi connectivity index (χ1n) is 8.25. The Morgan fingerprint density at radius 3 is 2.38 bits per heavy atom. The molecule has 0 spiro atoms. The number of furan rings is 1. The SMILES string of the molecule is Cc1ccc(C(N)=O)cc1NC(=O)N1CCN(C(=O)c2ccco2)CC1. The number of amides is 4. The summed E-state index contributed by atoms with van der Waals surface area (Å²) >= 11 is 0. The molecule has 1 aliphatic rings. The minimum Gasteiger partial charge on any atom is -0.459 e. The number of hydrogen-bond donors (Lipinski definition) is 2. The molecule has 0 saturated carbocycles. The zero-order valence-corrected chi connectivity index (χ0v) is 14.4. The van der Waals surface area contributed by atoms with Crippen molar-refractivity contribution < 1.29 is 18.8 Å². The van der Waals surface area contributed by atoms with E-state index in [1.165, 1.54) is 6.26 Å². The van der Waals surface area contributed by atoms with Crippen LogP contribution in [0.5, 0.6) is 0 Å². The maximum atomic E-state index is 12.5. The van der Waals surface area contributed by atoms with Crippen molar-refractivity contribution in [1.29, 1.82) is 0 Å². The highest BCUT2D eigenvalue weighted by molar-refractivity contribution is 5.96. The van der Waals surface area contributed by atoms with Crippen LogP contribution in [0.1, 0.15) is 26.5 Å².